The van der Waals surface area contributed by atoms with Gasteiger partial charge in [0.25, 0.3) is 0 Å². The van der Waals surface area contributed by atoms with Crippen molar-refractivity contribution in [2.24, 2.45) is 11.5 Å². The van der Waals surface area contributed by atoms with Crippen LogP contribution in [-0.4, -0.2) is 17.6 Å². The van der Waals surface area contributed by atoms with Gasteiger partial charge in [0.05, 0.1) is 0 Å². The van der Waals surface area contributed by atoms with Crippen LogP contribution in [0.3, 0.4) is 0 Å². The third-order valence-corrected chi connectivity index (χ3v) is 2.11. The Morgan fingerprint density at radius 2 is 2.25 bits per heavy atom. The van der Waals surface area contributed by atoms with E-state index in [-0.39, 0.29) is 6.54 Å². The van der Waals surface area contributed by atoms with Gasteiger partial charge in [-0.3, -0.25) is 0 Å². The zero-order chi connectivity index (χ0) is 12.1. The first-order valence-corrected chi connectivity index (χ1v) is 4.70. The van der Waals surface area contributed by atoms with E-state index in [1.54, 1.807) is 0 Å². The molecular formula is C11H13FN2O2. The predicted octanol–water partition coefficient (Wildman–Crippen LogP) is 0.882. The zero-order valence-corrected chi connectivity index (χ0v) is 8.56. The number of carboxylic acid groups (broad SMARTS) is 1. The molecule has 0 aliphatic heterocycles. The van der Waals surface area contributed by atoms with Gasteiger partial charge < -0.3 is 16.6 Å². The molecule has 5 N–H and O–H groups in total. The Labute approximate surface area is 92.4 Å². The quantitative estimate of drug-likeness (QED) is 0.662. The monoisotopic (exact) mass is 224 g/mol. The molecule has 0 bridgehead atoms. The van der Waals surface area contributed by atoms with Crippen LogP contribution in [0.2, 0.25) is 0 Å². The fourth-order valence-corrected chi connectivity index (χ4v) is 1.31. The molecule has 5 heteroatoms. The largest absolute Gasteiger partial charge is 0.478 e. The van der Waals surface area contributed by atoms with Crippen molar-refractivity contribution in [3.8, 4) is 0 Å². The van der Waals surface area contributed by atoms with Crippen molar-refractivity contribution in [1.29, 1.82) is 0 Å². The zero-order valence-electron chi connectivity index (χ0n) is 8.56. The topological polar surface area (TPSA) is 89.3 Å². The number of hydrogen-bond acceptors (Lipinski definition) is 3. The second-order valence-electron chi connectivity index (χ2n) is 3.29. The Kier molecular flexibility index (Phi) is 4.16. The van der Waals surface area contributed by atoms with E-state index in [1.165, 1.54) is 24.3 Å². The van der Waals surface area contributed by atoms with E-state index in [0.717, 1.165) is 6.08 Å². The molecule has 0 radical (unpaired) electrons. The van der Waals surface area contributed by atoms with Crippen molar-refractivity contribution in [1.82, 2.24) is 0 Å². The summed E-state index contributed by atoms with van der Waals surface area (Å²) in [5.41, 5.74) is 12.1. The van der Waals surface area contributed by atoms with Crippen molar-refractivity contribution in [2.45, 2.75) is 6.04 Å². The van der Waals surface area contributed by atoms with Gasteiger partial charge in [0.2, 0.25) is 0 Å². The lowest BCUT2D eigenvalue weighted by Gasteiger charge is -2.12. The van der Waals surface area contributed by atoms with Crippen molar-refractivity contribution < 1.29 is 14.3 Å². The average Bonchev–Trinajstić information content (AvgIpc) is 2.26. The Morgan fingerprint density at radius 3 is 2.81 bits per heavy atom. The molecule has 0 unspecified atom stereocenters. The van der Waals surface area contributed by atoms with Gasteiger partial charge in [-0.1, -0.05) is 6.07 Å². The highest BCUT2D eigenvalue weighted by Crippen LogP contribution is 2.18. The predicted molar refractivity (Wildman–Crippen MR) is 59.1 cm³/mol. The summed E-state index contributed by atoms with van der Waals surface area (Å²) in [5, 5.41) is 8.50. The molecule has 16 heavy (non-hydrogen) atoms. The molecule has 0 saturated carbocycles. The Balaban J connectivity index is 3.12. The molecule has 86 valence electrons. The molecule has 1 aromatic rings. The van der Waals surface area contributed by atoms with Gasteiger partial charge in [-0.2, -0.15) is 0 Å². The van der Waals surface area contributed by atoms with Crippen LogP contribution in [-0.2, 0) is 4.79 Å². The first-order chi connectivity index (χ1) is 7.54. The molecule has 0 amide bonds. The molecule has 0 aliphatic rings. The highest BCUT2D eigenvalue weighted by molar-refractivity contribution is 5.85. The molecule has 0 aliphatic carbocycles. The molecule has 1 aromatic carbocycles. The summed E-state index contributed by atoms with van der Waals surface area (Å²) in [6.45, 7) is 0.164. The average molecular weight is 224 g/mol. The minimum atomic E-state index is -1.07. The van der Waals surface area contributed by atoms with Crippen LogP contribution < -0.4 is 11.5 Å². The number of hydrogen-bond donors (Lipinski definition) is 3. The van der Waals surface area contributed by atoms with E-state index in [9.17, 15) is 9.18 Å². The maximum absolute atomic E-state index is 13.0. The second kappa shape index (κ2) is 5.39. The number of halogens is 1. The molecule has 1 rings (SSSR count). The maximum atomic E-state index is 13.0. The lowest BCUT2D eigenvalue weighted by atomic mass is 10.0. The number of benzene rings is 1. The van der Waals surface area contributed by atoms with Crippen molar-refractivity contribution in [3.05, 3.63) is 41.2 Å². The molecular weight excluding hydrogens is 211 g/mol. The number of nitrogens with two attached hydrogens (primary N) is 2. The van der Waals surface area contributed by atoms with E-state index in [2.05, 4.69) is 0 Å². The normalized spacial score (nSPS) is 12.9. The van der Waals surface area contributed by atoms with Crippen LogP contribution in [0.25, 0.3) is 6.08 Å². The van der Waals surface area contributed by atoms with Gasteiger partial charge in [-0.25, -0.2) is 9.18 Å². The highest BCUT2D eigenvalue weighted by atomic mass is 19.1. The summed E-state index contributed by atoms with van der Waals surface area (Å²) in [7, 11) is 0. The Bertz CT molecular complexity index is 418. The van der Waals surface area contributed by atoms with Gasteiger partial charge in [0.1, 0.15) is 5.82 Å². The van der Waals surface area contributed by atoms with Gasteiger partial charge in [-0.15, -0.1) is 0 Å². The lowest BCUT2D eigenvalue weighted by molar-refractivity contribution is -0.131. The first-order valence-electron chi connectivity index (χ1n) is 4.70. The summed E-state index contributed by atoms with van der Waals surface area (Å²) in [6.07, 6.45) is 2.34. The molecule has 0 aromatic heterocycles. The third-order valence-electron chi connectivity index (χ3n) is 2.11. The number of carbonyl (C=O) groups is 1. The standard InChI is InChI=1S/C11H13FN2O2/c12-8-3-1-7(2-4-11(15)16)9(5-8)10(14)6-13/h1-5,10H,6,13-14H2,(H,15,16)/b4-2+/t10-/m1/s1. The van der Waals surface area contributed by atoms with Crippen molar-refractivity contribution in [2.75, 3.05) is 6.54 Å². The Morgan fingerprint density at radius 1 is 1.56 bits per heavy atom. The smallest absolute Gasteiger partial charge is 0.328 e. The van der Waals surface area contributed by atoms with Crippen LogP contribution >= 0.6 is 0 Å². The van der Waals surface area contributed by atoms with Crippen molar-refractivity contribution in [3.63, 3.8) is 0 Å². The van der Waals surface area contributed by atoms with Crippen LogP contribution in [0, 0.1) is 5.82 Å². The summed E-state index contributed by atoms with van der Waals surface area (Å²) in [6, 6.07) is 3.47. The summed E-state index contributed by atoms with van der Waals surface area (Å²) in [5.74, 6) is -1.50. The fourth-order valence-electron chi connectivity index (χ4n) is 1.31. The number of aliphatic carboxylic acids is 1. The summed E-state index contributed by atoms with van der Waals surface area (Å²) >= 11 is 0. The molecule has 4 nitrogen and oxygen atoms in total. The minimum Gasteiger partial charge on any atom is -0.478 e. The molecule has 0 saturated heterocycles. The van der Waals surface area contributed by atoms with E-state index in [0.29, 0.717) is 11.1 Å². The summed E-state index contributed by atoms with van der Waals surface area (Å²) in [4.78, 5) is 10.4. The molecule has 0 fully saturated rings. The first kappa shape index (κ1) is 12.4. The Hall–Kier alpha value is -1.72. The van der Waals surface area contributed by atoms with E-state index in [1.807, 2.05) is 0 Å². The van der Waals surface area contributed by atoms with Crippen LogP contribution in [0.4, 0.5) is 4.39 Å². The minimum absolute atomic E-state index is 0.164. The summed E-state index contributed by atoms with van der Waals surface area (Å²) < 4.78 is 13.0. The number of rotatable bonds is 4. The molecule has 0 spiro atoms. The van der Waals surface area contributed by atoms with E-state index in [4.69, 9.17) is 16.6 Å². The van der Waals surface area contributed by atoms with Gasteiger partial charge in [0, 0.05) is 18.7 Å². The van der Waals surface area contributed by atoms with Gasteiger partial charge >= 0.3 is 5.97 Å². The van der Waals surface area contributed by atoms with Crippen molar-refractivity contribution >= 4 is 12.0 Å². The number of carboxylic acids is 1. The van der Waals surface area contributed by atoms with Gasteiger partial charge in [0.15, 0.2) is 0 Å². The van der Waals surface area contributed by atoms with Crippen LogP contribution in [0.5, 0.6) is 0 Å². The van der Waals surface area contributed by atoms with E-state index >= 15 is 0 Å². The molecule has 1 atom stereocenters. The second-order valence-corrected chi connectivity index (χ2v) is 3.29. The SMILES string of the molecule is NC[C@@H](N)c1cc(F)ccc1/C=C/C(=O)O. The third kappa shape index (κ3) is 3.15. The lowest BCUT2D eigenvalue weighted by Crippen LogP contribution is -2.21. The van der Waals surface area contributed by atoms with Gasteiger partial charge in [-0.05, 0) is 29.3 Å². The molecule has 0 heterocycles. The van der Waals surface area contributed by atoms with Crippen LogP contribution in [0.15, 0.2) is 24.3 Å². The highest BCUT2D eigenvalue weighted by Gasteiger charge is 2.09. The fraction of sp³-hybridized carbons (Fsp3) is 0.182. The maximum Gasteiger partial charge on any atom is 0.328 e. The van der Waals surface area contributed by atoms with Crippen LogP contribution in [0.1, 0.15) is 17.2 Å². The van der Waals surface area contributed by atoms with E-state index < -0.39 is 17.8 Å².